The van der Waals surface area contributed by atoms with Crippen molar-refractivity contribution in [3.05, 3.63) is 46.3 Å². The lowest BCUT2D eigenvalue weighted by atomic mass is 10.2. The van der Waals surface area contributed by atoms with Crippen LogP contribution in [-0.4, -0.2) is 23.6 Å². The molecule has 0 aliphatic carbocycles. The van der Waals surface area contributed by atoms with Crippen LogP contribution in [0.25, 0.3) is 0 Å². The molecule has 2 N–H and O–H groups in total. The van der Waals surface area contributed by atoms with E-state index in [1.54, 1.807) is 13.0 Å². The van der Waals surface area contributed by atoms with Gasteiger partial charge in [-0.2, -0.15) is 0 Å². The fraction of sp³-hybridized carbons (Fsp3) is 0.250. The predicted octanol–water partition coefficient (Wildman–Crippen LogP) is 3.33. The number of amides is 1. The molecule has 0 fully saturated rings. The molecule has 0 saturated heterocycles. The minimum atomic E-state index is -1.06. The number of nitrogens with one attached hydrogen (secondary N) is 1. The number of hydrogen-bond acceptors (Lipinski definition) is 4. The third-order valence-corrected chi connectivity index (χ3v) is 3.98. The molecule has 1 aromatic carbocycles. The molecular weight excluding hydrogens is 302 g/mol. The summed E-state index contributed by atoms with van der Waals surface area (Å²) in [5.41, 5.74) is 1.23. The van der Waals surface area contributed by atoms with E-state index >= 15 is 0 Å². The molecular formula is C16H17NO4S. The zero-order valence-corrected chi connectivity index (χ0v) is 13.2. The van der Waals surface area contributed by atoms with E-state index in [2.05, 4.69) is 5.32 Å². The van der Waals surface area contributed by atoms with Crippen molar-refractivity contribution in [2.75, 3.05) is 11.9 Å². The summed E-state index contributed by atoms with van der Waals surface area (Å²) < 4.78 is 5.43. The Morgan fingerprint density at radius 1 is 1.32 bits per heavy atom. The van der Waals surface area contributed by atoms with Gasteiger partial charge in [0.15, 0.2) is 6.61 Å². The lowest BCUT2D eigenvalue weighted by molar-refractivity contribution is -0.118. The van der Waals surface area contributed by atoms with E-state index < -0.39 is 5.97 Å². The minimum absolute atomic E-state index is 0.101. The predicted molar refractivity (Wildman–Crippen MR) is 86.0 cm³/mol. The summed E-state index contributed by atoms with van der Waals surface area (Å²) in [6.07, 6.45) is 0.889. The molecule has 2 aromatic rings. The van der Waals surface area contributed by atoms with Crippen LogP contribution < -0.4 is 10.1 Å². The maximum absolute atomic E-state index is 11.9. The molecule has 0 aliphatic rings. The van der Waals surface area contributed by atoms with Crippen molar-refractivity contribution in [2.24, 2.45) is 0 Å². The van der Waals surface area contributed by atoms with Gasteiger partial charge in [-0.05, 0) is 37.1 Å². The van der Waals surface area contributed by atoms with E-state index in [1.807, 2.05) is 25.1 Å². The van der Waals surface area contributed by atoms with Gasteiger partial charge in [0.25, 0.3) is 5.91 Å². The number of carbonyl (C=O) groups is 2. The molecule has 2 rings (SSSR count). The number of anilines is 1. The fourth-order valence-corrected chi connectivity index (χ4v) is 2.85. The molecule has 0 aliphatic heterocycles. The fourth-order valence-electron chi connectivity index (χ4n) is 1.93. The topological polar surface area (TPSA) is 75.6 Å². The maximum Gasteiger partial charge on any atom is 0.338 e. The van der Waals surface area contributed by atoms with Gasteiger partial charge < -0.3 is 15.2 Å². The quantitative estimate of drug-likeness (QED) is 0.856. The molecule has 5 nitrogen and oxygen atoms in total. The third kappa shape index (κ3) is 4.08. The summed E-state index contributed by atoms with van der Waals surface area (Å²) in [5.74, 6) is -0.821. The molecule has 1 heterocycles. The third-order valence-electron chi connectivity index (χ3n) is 3.02. The van der Waals surface area contributed by atoms with E-state index in [1.165, 1.54) is 17.4 Å². The normalized spacial score (nSPS) is 10.3. The summed E-state index contributed by atoms with van der Waals surface area (Å²) >= 11 is 1.23. The monoisotopic (exact) mass is 319 g/mol. The van der Waals surface area contributed by atoms with Crippen LogP contribution in [-0.2, 0) is 11.2 Å². The Bertz CT molecular complexity index is 693. The molecule has 6 heteroatoms. The van der Waals surface area contributed by atoms with Crippen LogP contribution in [0.5, 0.6) is 5.75 Å². The highest BCUT2D eigenvalue weighted by Gasteiger charge is 2.16. The number of aryl methyl sites for hydroxylation is 2. The zero-order valence-electron chi connectivity index (χ0n) is 12.4. The molecule has 0 radical (unpaired) electrons. The van der Waals surface area contributed by atoms with Crippen LogP contribution in [0.2, 0.25) is 0 Å². The Morgan fingerprint density at radius 2 is 2.09 bits per heavy atom. The first kappa shape index (κ1) is 16.0. The van der Waals surface area contributed by atoms with Crippen LogP contribution in [0.1, 0.15) is 27.7 Å². The Balaban J connectivity index is 1.97. The van der Waals surface area contributed by atoms with E-state index in [4.69, 9.17) is 9.84 Å². The Kier molecular flexibility index (Phi) is 5.16. The van der Waals surface area contributed by atoms with E-state index in [9.17, 15) is 9.59 Å². The van der Waals surface area contributed by atoms with E-state index in [-0.39, 0.29) is 18.1 Å². The van der Waals surface area contributed by atoms with Gasteiger partial charge in [-0.3, -0.25) is 4.79 Å². The molecule has 1 amide bonds. The molecule has 0 spiro atoms. The maximum atomic E-state index is 11.9. The Labute approximate surface area is 132 Å². The van der Waals surface area contributed by atoms with Gasteiger partial charge in [0.05, 0.1) is 5.56 Å². The molecule has 0 unspecified atom stereocenters. The number of carboxylic acids is 1. The summed E-state index contributed by atoms with van der Waals surface area (Å²) in [4.78, 5) is 23.8. The van der Waals surface area contributed by atoms with Gasteiger partial charge >= 0.3 is 5.97 Å². The van der Waals surface area contributed by atoms with Gasteiger partial charge in [0.2, 0.25) is 0 Å². The van der Waals surface area contributed by atoms with Crippen LogP contribution in [0.15, 0.2) is 30.3 Å². The van der Waals surface area contributed by atoms with Gasteiger partial charge in [-0.25, -0.2) is 4.79 Å². The molecule has 22 heavy (non-hydrogen) atoms. The second-order valence-corrected chi connectivity index (χ2v) is 6.00. The number of carbonyl (C=O) groups excluding carboxylic acids is 1. The van der Waals surface area contributed by atoms with Crippen LogP contribution >= 0.6 is 11.3 Å². The van der Waals surface area contributed by atoms with Gasteiger partial charge in [-0.15, -0.1) is 11.3 Å². The average Bonchev–Trinajstić information content (AvgIpc) is 2.86. The molecule has 0 atom stereocenters. The van der Waals surface area contributed by atoms with Crippen molar-refractivity contribution in [3.63, 3.8) is 0 Å². The summed E-state index contributed by atoms with van der Waals surface area (Å²) in [6, 6.07) is 9.06. The first-order valence-corrected chi connectivity index (χ1v) is 7.66. The summed E-state index contributed by atoms with van der Waals surface area (Å²) in [6.45, 7) is 3.67. The van der Waals surface area contributed by atoms with Crippen molar-refractivity contribution >= 4 is 28.2 Å². The number of carboxylic acid groups (broad SMARTS) is 1. The minimum Gasteiger partial charge on any atom is -0.484 e. The van der Waals surface area contributed by atoms with Crippen molar-refractivity contribution in [3.8, 4) is 5.75 Å². The Hall–Kier alpha value is -2.34. The number of rotatable bonds is 6. The number of benzene rings is 1. The largest absolute Gasteiger partial charge is 0.484 e. The van der Waals surface area contributed by atoms with Crippen molar-refractivity contribution in [2.45, 2.75) is 20.3 Å². The van der Waals surface area contributed by atoms with E-state index in [0.717, 1.165) is 16.9 Å². The lowest BCUT2D eigenvalue weighted by Gasteiger charge is -2.08. The van der Waals surface area contributed by atoms with Crippen LogP contribution in [0, 0.1) is 6.92 Å². The molecule has 0 bridgehead atoms. The first-order valence-electron chi connectivity index (χ1n) is 6.85. The number of ether oxygens (including phenoxy) is 1. The molecule has 1 aromatic heterocycles. The molecule has 116 valence electrons. The highest BCUT2D eigenvalue weighted by Crippen LogP contribution is 2.27. The standard InChI is InChI=1S/C16H17NO4S/c1-3-11-5-4-6-12(8-11)21-9-14(18)17-15-13(16(19)20)7-10(2)22-15/h4-8H,3,9H2,1-2H3,(H,17,18)(H,19,20). The number of aromatic carboxylic acids is 1. The van der Waals surface area contributed by atoms with Gasteiger partial charge in [-0.1, -0.05) is 19.1 Å². The van der Waals surface area contributed by atoms with Crippen molar-refractivity contribution < 1.29 is 19.4 Å². The van der Waals surface area contributed by atoms with Crippen molar-refractivity contribution in [1.82, 2.24) is 0 Å². The second kappa shape index (κ2) is 7.09. The highest BCUT2D eigenvalue weighted by molar-refractivity contribution is 7.16. The average molecular weight is 319 g/mol. The van der Waals surface area contributed by atoms with E-state index in [0.29, 0.717) is 10.8 Å². The highest BCUT2D eigenvalue weighted by atomic mass is 32.1. The summed E-state index contributed by atoms with van der Waals surface area (Å²) in [7, 11) is 0. The van der Waals surface area contributed by atoms with Crippen LogP contribution in [0.3, 0.4) is 0 Å². The zero-order chi connectivity index (χ0) is 16.1. The first-order chi connectivity index (χ1) is 10.5. The lowest BCUT2D eigenvalue weighted by Crippen LogP contribution is -2.20. The van der Waals surface area contributed by atoms with Gasteiger partial charge in [0.1, 0.15) is 10.8 Å². The second-order valence-electron chi connectivity index (χ2n) is 4.74. The molecule has 0 saturated carbocycles. The van der Waals surface area contributed by atoms with Gasteiger partial charge in [0, 0.05) is 4.88 Å². The Morgan fingerprint density at radius 3 is 2.77 bits per heavy atom. The van der Waals surface area contributed by atoms with Crippen LogP contribution in [0.4, 0.5) is 5.00 Å². The smallest absolute Gasteiger partial charge is 0.338 e. The number of thiophene rings is 1. The number of hydrogen-bond donors (Lipinski definition) is 2. The van der Waals surface area contributed by atoms with Crippen molar-refractivity contribution in [1.29, 1.82) is 0 Å². The summed E-state index contributed by atoms with van der Waals surface area (Å²) in [5, 5.41) is 12.0. The SMILES string of the molecule is CCc1cccc(OCC(=O)Nc2sc(C)cc2C(=O)O)c1.